The molecule has 1 N–H and O–H groups in total. The maximum Gasteiger partial charge on any atom is 0.354 e. The van der Waals surface area contributed by atoms with Crippen molar-refractivity contribution >= 4 is 5.97 Å². The van der Waals surface area contributed by atoms with Gasteiger partial charge in [-0.25, -0.2) is 9.78 Å². The monoisotopic (exact) mass is 300 g/mol. The Bertz CT molecular complexity index is 658. The molecule has 22 heavy (non-hydrogen) atoms. The summed E-state index contributed by atoms with van der Waals surface area (Å²) in [4.78, 5) is 17.2. The fourth-order valence-corrected chi connectivity index (χ4v) is 2.24. The second-order valence-electron chi connectivity index (χ2n) is 5.19. The van der Waals surface area contributed by atoms with Gasteiger partial charge in [0.05, 0.1) is 12.8 Å². The minimum atomic E-state index is -1.01. The Morgan fingerprint density at radius 2 is 2.05 bits per heavy atom. The molecule has 0 fully saturated rings. The number of hydrogen-bond donors (Lipinski definition) is 1. The van der Waals surface area contributed by atoms with Crippen molar-refractivity contribution in [1.29, 1.82) is 0 Å². The van der Waals surface area contributed by atoms with Crippen LogP contribution < -0.4 is 4.74 Å². The summed E-state index contributed by atoms with van der Waals surface area (Å²) in [6.07, 6.45) is 0. The predicted molar refractivity (Wildman–Crippen MR) is 84.1 cm³/mol. The highest BCUT2D eigenvalue weighted by atomic mass is 16.5. The van der Waals surface area contributed by atoms with E-state index in [4.69, 9.17) is 9.84 Å². The van der Waals surface area contributed by atoms with Crippen LogP contribution in [0.3, 0.4) is 0 Å². The van der Waals surface area contributed by atoms with Crippen LogP contribution in [-0.2, 0) is 6.54 Å². The number of rotatable bonds is 6. The Hall–Kier alpha value is -2.40. The third kappa shape index (κ3) is 3.83. The number of carboxylic acids is 1. The maximum atomic E-state index is 11.0. The van der Waals surface area contributed by atoms with Gasteiger partial charge in [-0.2, -0.15) is 0 Å². The molecule has 2 aromatic rings. The molecule has 5 heteroatoms. The van der Waals surface area contributed by atoms with Gasteiger partial charge in [-0.05, 0) is 43.8 Å². The quantitative estimate of drug-likeness (QED) is 0.888. The van der Waals surface area contributed by atoms with Gasteiger partial charge in [-0.15, -0.1) is 0 Å². The number of aromatic nitrogens is 1. The van der Waals surface area contributed by atoms with Crippen LogP contribution in [0.1, 0.15) is 34.7 Å². The Labute approximate surface area is 130 Å². The molecule has 0 radical (unpaired) electrons. The number of methoxy groups -OCH3 is 1. The standard InChI is InChI=1S/C17H20N2O3/c1-12(13-6-4-8-15(10-13)22-3)19(2)11-14-7-5-9-16(18-14)17(20)21/h4-10,12H,11H2,1-3H3,(H,20,21). The van der Waals surface area contributed by atoms with Gasteiger partial charge in [0, 0.05) is 12.6 Å². The zero-order valence-electron chi connectivity index (χ0n) is 13.0. The highest BCUT2D eigenvalue weighted by Gasteiger charge is 2.14. The third-order valence-corrected chi connectivity index (χ3v) is 3.67. The Kier molecular flexibility index (Phi) is 5.12. The third-order valence-electron chi connectivity index (χ3n) is 3.67. The number of carbonyl (C=O) groups is 1. The van der Waals surface area contributed by atoms with Gasteiger partial charge < -0.3 is 9.84 Å². The second kappa shape index (κ2) is 7.04. The molecule has 0 spiro atoms. The molecule has 2 rings (SSSR count). The molecule has 1 heterocycles. The van der Waals surface area contributed by atoms with Gasteiger partial charge >= 0.3 is 5.97 Å². The normalized spacial score (nSPS) is 12.2. The van der Waals surface area contributed by atoms with Crippen molar-refractivity contribution in [3.8, 4) is 5.75 Å². The Morgan fingerprint density at radius 1 is 1.32 bits per heavy atom. The molecule has 1 atom stereocenters. The molecule has 116 valence electrons. The average Bonchev–Trinajstić information content (AvgIpc) is 2.54. The average molecular weight is 300 g/mol. The summed E-state index contributed by atoms with van der Waals surface area (Å²) in [5, 5.41) is 9.00. The van der Waals surface area contributed by atoms with Crippen LogP contribution in [-0.4, -0.2) is 35.1 Å². The molecule has 0 aliphatic carbocycles. The fourth-order valence-electron chi connectivity index (χ4n) is 2.24. The molecule has 1 aromatic heterocycles. The number of nitrogens with zero attached hydrogens (tertiary/aromatic N) is 2. The van der Waals surface area contributed by atoms with Crippen molar-refractivity contribution in [2.24, 2.45) is 0 Å². The number of benzene rings is 1. The molecule has 0 amide bonds. The van der Waals surface area contributed by atoms with E-state index in [1.807, 2.05) is 37.4 Å². The van der Waals surface area contributed by atoms with Crippen LogP contribution in [0.25, 0.3) is 0 Å². The van der Waals surface area contributed by atoms with E-state index < -0.39 is 5.97 Å². The van der Waals surface area contributed by atoms with Gasteiger partial charge in [-0.3, -0.25) is 4.90 Å². The van der Waals surface area contributed by atoms with E-state index in [0.717, 1.165) is 17.0 Å². The number of ether oxygens (including phenoxy) is 1. The molecular weight excluding hydrogens is 280 g/mol. The smallest absolute Gasteiger partial charge is 0.354 e. The summed E-state index contributed by atoms with van der Waals surface area (Å²) in [7, 11) is 3.63. The SMILES string of the molecule is COc1cccc(C(C)N(C)Cc2cccc(C(=O)O)n2)c1. The highest BCUT2D eigenvalue weighted by molar-refractivity contribution is 5.85. The maximum absolute atomic E-state index is 11.0. The van der Waals surface area contributed by atoms with Crippen LogP contribution in [0.2, 0.25) is 0 Å². The van der Waals surface area contributed by atoms with Gasteiger partial charge in [0.1, 0.15) is 11.4 Å². The number of carboxylic acid groups (broad SMARTS) is 1. The molecule has 0 saturated carbocycles. The summed E-state index contributed by atoms with van der Waals surface area (Å²) < 4.78 is 5.25. The van der Waals surface area contributed by atoms with Crippen LogP contribution in [0.15, 0.2) is 42.5 Å². The van der Waals surface area contributed by atoms with E-state index >= 15 is 0 Å². The summed E-state index contributed by atoms with van der Waals surface area (Å²) in [6.45, 7) is 2.66. The van der Waals surface area contributed by atoms with E-state index in [-0.39, 0.29) is 11.7 Å². The lowest BCUT2D eigenvalue weighted by molar-refractivity contribution is 0.0690. The summed E-state index contributed by atoms with van der Waals surface area (Å²) in [5.41, 5.74) is 1.94. The Morgan fingerprint density at radius 3 is 2.73 bits per heavy atom. The zero-order chi connectivity index (χ0) is 16.1. The summed E-state index contributed by atoms with van der Waals surface area (Å²) in [5.74, 6) is -0.186. The zero-order valence-corrected chi connectivity index (χ0v) is 13.0. The van der Waals surface area contributed by atoms with E-state index in [0.29, 0.717) is 6.54 Å². The van der Waals surface area contributed by atoms with Crippen LogP contribution >= 0.6 is 0 Å². The second-order valence-corrected chi connectivity index (χ2v) is 5.19. The molecule has 0 aliphatic rings. The van der Waals surface area contributed by atoms with Crippen molar-refractivity contribution in [3.05, 3.63) is 59.4 Å². The lowest BCUT2D eigenvalue weighted by Crippen LogP contribution is -2.22. The van der Waals surface area contributed by atoms with Crippen molar-refractivity contribution in [2.75, 3.05) is 14.2 Å². The van der Waals surface area contributed by atoms with Gasteiger partial charge in [0.25, 0.3) is 0 Å². The molecule has 0 saturated heterocycles. The lowest BCUT2D eigenvalue weighted by atomic mass is 10.1. The largest absolute Gasteiger partial charge is 0.497 e. The van der Waals surface area contributed by atoms with Crippen LogP contribution in [0, 0.1) is 0 Å². The number of aromatic carboxylic acids is 1. The first-order valence-corrected chi connectivity index (χ1v) is 7.04. The van der Waals surface area contributed by atoms with Gasteiger partial charge in [-0.1, -0.05) is 18.2 Å². The number of pyridine rings is 1. The van der Waals surface area contributed by atoms with Crippen molar-refractivity contribution in [3.63, 3.8) is 0 Å². The molecule has 0 bridgehead atoms. The van der Waals surface area contributed by atoms with Crippen molar-refractivity contribution in [2.45, 2.75) is 19.5 Å². The number of hydrogen-bond acceptors (Lipinski definition) is 4. The Balaban J connectivity index is 2.12. The highest BCUT2D eigenvalue weighted by Crippen LogP contribution is 2.23. The molecular formula is C17H20N2O3. The van der Waals surface area contributed by atoms with E-state index in [1.165, 1.54) is 6.07 Å². The predicted octanol–water partition coefficient (Wildman–Crippen LogP) is 2.98. The topological polar surface area (TPSA) is 62.7 Å². The molecule has 1 unspecified atom stereocenters. The first kappa shape index (κ1) is 16.0. The minimum Gasteiger partial charge on any atom is -0.497 e. The first-order valence-electron chi connectivity index (χ1n) is 7.04. The fraction of sp³-hybridized carbons (Fsp3) is 0.294. The lowest BCUT2D eigenvalue weighted by Gasteiger charge is -2.25. The molecule has 0 aliphatic heterocycles. The molecule has 1 aromatic carbocycles. The summed E-state index contributed by atoms with van der Waals surface area (Å²) in [6, 6.07) is 13.1. The van der Waals surface area contributed by atoms with E-state index in [1.54, 1.807) is 13.2 Å². The van der Waals surface area contributed by atoms with E-state index in [9.17, 15) is 4.79 Å². The van der Waals surface area contributed by atoms with Crippen LogP contribution in [0.5, 0.6) is 5.75 Å². The van der Waals surface area contributed by atoms with Crippen molar-refractivity contribution < 1.29 is 14.6 Å². The minimum absolute atomic E-state index is 0.0694. The van der Waals surface area contributed by atoms with E-state index in [2.05, 4.69) is 16.8 Å². The van der Waals surface area contributed by atoms with Gasteiger partial charge in [0.2, 0.25) is 0 Å². The first-order chi connectivity index (χ1) is 10.5. The molecule has 5 nitrogen and oxygen atoms in total. The van der Waals surface area contributed by atoms with Gasteiger partial charge in [0.15, 0.2) is 0 Å². The van der Waals surface area contributed by atoms with Crippen LogP contribution in [0.4, 0.5) is 0 Å². The summed E-state index contributed by atoms with van der Waals surface area (Å²) >= 11 is 0. The van der Waals surface area contributed by atoms with Crippen molar-refractivity contribution in [1.82, 2.24) is 9.88 Å².